The van der Waals surface area contributed by atoms with E-state index in [4.69, 9.17) is 14.2 Å². The number of aliphatic hydroxyl groups is 2. The van der Waals surface area contributed by atoms with Crippen molar-refractivity contribution < 1.29 is 38.7 Å². The van der Waals surface area contributed by atoms with Gasteiger partial charge in [-0.15, -0.1) is 0 Å². The van der Waals surface area contributed by atoms with Crippen molar-refractivity contribution in [3.8, 4) is 0 Å². The van der Waals surface area contributed by atoms with E-state index in [2.05, 4.69) is 10.1 Å². The van der Waals surface area contributed by atoms with Crippen molar-refractivity contribution in [1.29, 1.82) is 0 Å². The molecule has 1 aliphatic rings. The monoisotopic (exact) mass is 397 g/mol. The molecule has 0 unspecified atom stereocenters. The van der Waals surface area contributed by atoms with E-state index in [0.29, 0.717) is 0 Å². The summed E-state index contributed by atoms with van der Waals surface area (Å²) in [4.78, 5) is 23.4. The number of nitrogens with one attached hydrogen (secondary N) is 1. The van der Waals surface area contributed by atoms with Gasteiger partial charge in [-0.3, -0.25) is 4.79 Å². The lowest BCUT2D eigenvalue weighted by Crippen LogP contribution is -2.66. The van der Waals surface area contributed by atoms with Crippen LogP contribution in [0.1, 0.15) is 19.4 Å². The quantitative estimate of drug-likeness (QED) is 0.513. The molecule has 1 aromatic carbocycles. The summed E-state index contributed by atoms with van der Waals surface area (Å²) in [5.74, 6) is -1.03. The SMILES string of the molecule is COC(=O)[C@H](C)O[C@H]1[C@H](O)[C@@H](CO)O[C@H](OCc2ccccc2)[C@@H]1NC(C)=O. The summed E-state index contributed by atoms with van der Waals surface area (Å²) >= 11 is 0. The van der Waals surface area contributed by atoms with Crippen LogP contribution in [-0.4, -0.2) is 72.6 Å². The molecule has 3 N–H and O–H groups in total. The highest BCUT2D eigenvalue weighted by Crippen LogP contribution is 2.26. The molecule has 28 heavy (non-hydrogen) atoms. The number of esters is 1. The smallest absolute Gasteiger partial charge is 0.334 e. The summed E-state index contributed by atoms with van der Waals surface area (Å²) in [5.41, 5.74) is 0.875. The molecule has 0 radical (unpaired) electrons. The van der Waals surface area contributed by atoms with Crippen LogP contribution in [0.15, 0.2) is 30.3 Å². The molecular weight excluding hydrogens is 370 g/mol. The first-order valence-electron chi connectivity index (χ1n) is 8.97. The largest absolute Gasteiger partial charge is 0.467 e. The van der Waals surface area contributed by atoms with Gasteiger partial charge in [-0.25, -0.2) is 4.79 Å². The predicted molar refractivity (Wildman–Crippen MR) is 96.9 cm³/mol. The lowest BCUT2D eigenvalue weighted by molar-refractivity contribution is -0.284. The van der Waals surface area contributed by atoms with Crippen molar-refractivity contribution in [1.82, 2.24) is 5.32 Å². The average molecular weight is 397 g/mol. The first-order chi connectivity index (χ1) is 13.4. The fourth-order valence-corrected chi connectivity index (χ4v) is 2.97. The normalized spacial score (nSPS) is 28.4. The molecule has 9 nitrogen and oxygen atoms in total. The molecule has 156 valence electrons. The van der Waals surface area contributed by atoms with Crippen molar-refractivity contribution in [2.75, 3.05) is 13.7 Å². The Morgan fingerprint density at radius 2 is 1.96 bits per heavy atom. The summed E-state index contributed by atoms with van der Waals surface area (Å²) in [6, 6.07) is 8.40. The lowest BCUT2D eigenvalue weighted by atomic mass is 9.96. The highest BCUT2D eigenvalue weighted by molar-refractivity contribution is 5.74. The number of carbonyl (C=O) groups excluding carboxylic acids is 2. The molecule has 6 atom stereocenters. The van der Waals surface area contributed by atoms with Crippen molar-refractivity contribution in [2.45, 2.75) is 57.2 Å². The number of methoxy groups -OCH3 is 1. The lowest BCUT2D eigenvalue weighted by Gasteiger charge is -2.44. The zero-order valence-electron chi connectivity index (χ0n) is 16.1. The van der Waals surface area contributed by atoms with Crippen molar-refractivity contribution in [3.05, 3.63) is 35.9 Å². The van der Waals surface area contributed by atoms with Crippen LogP contribution in [0.4, 0.5) is 0 Å². The van der Waals surface area contributed by atoms with Gasteiger partial charge < -0.3 is 34.5 Å². The van der Waals surface area contributed by atoms with E-state index in [-0.39, 0.29) is 6.61 Å². The summed E-state index contributed by atoms with van der Waals surface area (Å²) in [6.07, 6.45) is -5.40. The van der Waals surface area contributed by atoms with Crippen LogP contribution in [0.5, 0.6) is 0 Å². The topological polar surface area (TPSA) is 124 Å². The van der Waals surface area contributed by atoms with E-state index >= 15 is 0 Å². The van der Waals surface area contributed by atoms with Crippen LogP contribution in [0, 0.1) is 0 Å². The van der Waals surface area contributed by atoms with Gasteiger partial charge in [0.2, 0.25) is 5.91 Å². The highest BCUT2D eigenvalue weighted by atomic mass is 16.7. The number of hydrogen-bond donors (Lipinski definition) is 3. The minimum atomic E-state index is -1.30. The standard InChI is InChI=1S/C19H27NO8/c1-11(18(24)25-3)27-17-15(20-12(2)22)19(28-14(9-21)16(17)23)26-10-13-7-5-4-6-8-13/h4-8,11,14-17,19,21,23H,9-10H2,1-3H3,(H,20,22)/t11-,14+,15+,16+,17+,19-/m0/s1. The maximum absolute atomic E-state index is 11.7. The van der Waals surface area contributed by atoms with Gasteiger partial charge in [0.1, 0.15) is 24.4 Å². The number of ether oxygens (including phenoxy) is 4. The maximum Gasteiger partial charge on any atom is 0.334 e. The maximum atomic E-state index is 11.7. The van der Waals surface area contributed by atoms with Crippen molar-refractivity contribution in [2.24, 2.45) is 0 Å². The van der Waals surface area contributed by atoms with Gasteiger partial charge in [0.15, 0.2) is 12.4 Å². The Morgan fingerprint density at radius 1 is 1.29 bits per heavy atom. The van der Waals surface area contributed by atoms with Crippen molar-refractivity contribution in [3.63, 3.8) is 0 Å². The minimum Gasteiger partial charge on any atom is -0.467 e. The van der Waals surface area contributed by atoms with E-state index in [1.165, 1.54) is 21.0 Å². The molecule has 1 saturated heterocycles. The van der Waals surface area contributed by atoms with E-state index in [1.807, 2.05) is 30.3 Å². The van der Waals surface area contributed by atoms with Gasteiger partial charge in [-0.2, -0.15) is 0 Å². The van der Waals surface area contributed by atoms with Gasteiger partial charge in [0, 0.05) is 6.92 Å². The summed E-state index contributed by atoms with van der Waals surface area (Å²) < 4.78 is 21.8. The molecule has 1 aromatic rings. The highest BCUT2D eigenvalue weighted by Gasteiger charge is 2.48. The Balaban J connectivity index is 2.22. The fraction of sp³-hybridized carbons (Fsp3) is 0.579. The molecule has 1 fully saturated rings. The molecular formula is C19H27NO8. The van der Waals surface area contributed by atoms with Crippen LogP contribution >= 0.6 is 0 Å². The number of carbonyl (C=O) groups is 2. The third-order valence-corrected chi connectivity index (χ3v) is 4.37. The fourth-order valence-electron chi connectivity index (χ4n) is 2.97. The van der Waals surface area contributed by atoms with Gasteiger partial charge in [0.25, 0.3) is 0 Å². The molecule has 2 rings (SSSR count). The molecule has 1 amide bonds. The molecule has 9 heteroatoms. The molecule has 0 saturated carbocycles. The average Bonchev–Trinajstić information content (AvgIpc) is 2.69. The van der Waals surface area contributed by atoms with E-state index in [9.17, 15) is 19.8 Å². The van der Waals surface area contributed by atoms with Gasteiger partial charge >= 0.3 is 5.97 Å². The molecule has 0 spiro atoms. The zero-order chi connectivity index (χ0) is 20.7. The molecule has 1 heterocycles. The zero-order valence-corrected chi connectivity index (χ0v) is 16.1. The number of hydrogen-bond acceptors (Lipinski definition) is 8. The number of rotatable bonds is 8. The van der Waals surface area contributed by atoms with E-state index < -0.39 is 55.2 Å². The van der Waals surface area contributed by atoms with E-state index in [0.717, 1.165) is 5.56 Å². The molecule has 0 aromatic heterocycles. The van der Waals surface area contributed by atoms with Crippen molar-refractivity contribution >= 4 is 11.9 Å². The Hall–Kier alpha value is -2.04. The van der Waals surface area contributed by atoms with Gasteiger partial charge in [-0.1, -0.05) is 30.3 Å². The Morgan fingerprint density at radius 3 is 2.54 bits per heavy atom. The summed E-state index contributed by atoms with van der Waals surface area (Å²) in [6.45, 7) is 2.45. The number of benzene rings is 1. The molecule has 0 aliphatic carbocycles. The van der Waals surface area contributed by atoms with Crippen LogP contribution in [0.2, 0.25) is 0 Å². The first kappa shape index (κ1) is 22.3. The van der Waals surface area contributed by atoms with Gasteiger partial charge in [-0.05, 0) is 12.5 Å². The molecule has 1 aliphatic heterocycles. The van der Waals surface area contributed by atoms with E-state index in [1.54, 1.807) is 0 Å². The molecule has 0 bridgehead atoms. The first-order valence-corrected chi connectivity index (χ1v) is 8.97. The van der Waals surface area contributed by atoms with Crippen LogP contribution in [0.25, 0.3) is 0 Å². The second-order valence-corrected chi connectivity index (χ2v) is 6.51. The minimum absolute atomic E-state index is 0.176. The summed E-state index contributed by atoms with van der Waals surface area (Å²) in [5, 5.41) is 22.8. The Bertz CT molecular complexity index is 640. The Kier molecular flexibility index (Phi) is 8.34. The van der Waals surface area contributed by atoms with Gasteiger partial charge in [0.05, 0.1) is 20.3 Å². The Labute approximate surface area is 163 Å². The second kappa shape index (κ2) is 10.5. The van der Waals surface area contributed by atoms with Crippen LogP contribution in [-0.2, 0) is 35.1 Å². The third kappa shape index (κ3) is 5.73. The van der Waals surface area contributed by atoms with Crippen LogP contribution in [0.3, 0.4) is 0 Å². The van der Waals surface area contributed by atoms with Crippen LogP contribution < -0.4 is 5.32 Å². The third-order valence-electron chi connectivity index (χ3n) is 4.37. The second-order valence-electron chi connectivity index (χ2n) is 6.51. The predicted octanol–water partition coefficient (Wildman–Crippen LogP) is -0.267. The summed E-state index contributed by atoms with van der Waals surface area (Å²) in [7, 11) is 1.22. The number of amides is 1. The number of aliphatic hydroxyl groups excluding tert-OH is 2.